The Morgan fingerprint density at radius 1 is 0.968 bits per heavy atom. The fourth-order valence-electron chi connectivity index (χ4n) is 10.1. The summed E-state index contributed by atoms with van der Waals surface area (Å²) in [7, 11) is 0. The molecule has 4 fully saturated rings. The molecule has 4 saturated carbocycles. The summed E-state index contributed by atoms with van der Waals surface area (Å²) in [5, 5.41) is 0.327. The summed E-state index contributed by atoms with van der Waals surface area (Å²) in [6, 6.07) is 0. The number of fused-ring (bicyclic) bond motifs is 5. The Morgan fingerprint density at radius 2 is 1.68 bits per heavy atom. The lowest BCUT2D eigenvalue weighted by atomic mass is 9.39. The molecule has 0 amide bonds. The van der Waals surface area contributed by atoms with Crippen molar-refractivity contribution in [1.82, 2.24) is 0 Å². The number of alkyl halides is 1. The molecule has 0 heterocycles. The first-order valence-corrected chi connectivity index (χ1v) is 14.3. The molecule has 0 aromatic rings. The molecule has 1 heteroatoms. The maximum atomic E-state index is 7.06. The average Bonchev–Trinajstić information content (AvgIpc) is 3.13. The van der Waals surface area contributed by atoms with E-state index in [9.17, 15) is 0 Å². The van der Waals surface area contributed by atoms with Gasteiger partial charge in [0.25, 0.3) is 0 Å². The highest BCUT2D eigenvalue weighted by Crippen LogP contribution is 2.71. The van der Waals surface area contributed by atoms with Gasteiger partial charge in [-0.05, 0) is 130 Å². The van der Waals surface area contributed by atoms with Gasteiger partial charge in [0.2, 0.25) is 0 Å². The van der Waals surface area contributed by atoms with Crippen molar-refractivity contribution in [2.45, 2.75) is 118 Å². The lowest BCUT2D eigenvalue weighted by Gasteiger charge is -2.66. The van der Waals surface area contributed by atoms with Crippen LogP contribution in [0.4, 0.5) is 0 Å². The molecule has 0 bridgehead atoms. The predicted molar refractivity (Wildman–Crippen MR) is 136 cm³/mol. The molecular formula is C30H51Cl. The normalized spacial score (nSPS) is 48.8. The molecule has 0 aliphatic heterocycles. The Hall–Kier alpha value is 0.0300. The maximum Gasteiger partial charge on any atom is 0.0339 e. The molecule has 11 unspecified atom stereocenters. The van der Waals surface area contributed by atoms with Crippen LogP contribution in [0.15, 0.2) is 11.6 Å². The summed E-state index contributed by atoms with van der Waals surface area (Å²) >= 11 is 7.06. The molecule has 0 nitrogen and oxygen atoms in total. The van der Waals surface area contributed by atoms with Crippen LogP contribution in [0.5, 0.6) is 0 Å². The van der Waals surface area contributed by atoms with Gasteiger partial charge in [0.15, 0.2) is 0 Å². The molecule has 4 aliphatic carbocycles. The number of hydrogen-bond acceptors (Lipinski definition) is 0. The molecule has 31 heavy (non-hydrogen) atoms. The molecule has 178 valence electrons. The molecule has 0 aromatic carbocycles. The monoisotopic (exact) mass is 446 g/mol. The summed E-state index contributed by atoms with van der Waals surface area (Å²) in [4.78, 5) is 0. The molecule has 0 spiro atoms. The van der Waals surface area contributed by atoms with Crippen molar-refractivity contribution in [3.05, 3.63) is 11.6 Å². The second kappa shape index (κ2) is 9.00. The number of rotatable bonds is 5. The molecule has 4 aliphatic rings. The summed E-state index contributed by atoms with van der Waals surface area (Å²) in [6.07, 6.45) is 16.8. The van der Waals surface area contributed by atoms with E-state index < -0.39 is 0 Å². The topological polar surface area (TPSA) is 0 Å². The van der Waals surface area contributed by atoms with E-state index >= 15 is 0 Å². The van der Waals surface area contributed by atoms with Crippen LogP contribution in [0.2, 0.25) is 0 Å². The van der Waals surface area contributed by atoms with Crippen molar-refractivity contribution in [3.63, 3.8) is 0 Å². The van der Waals surface area contributed by atoms with Crippen molar-refractivity contribution in [3.8, 4) is 0 Å². The SMILES string of the molecule is CC(C)=CCCC(C)C1CCC2C1C(C(C)Cl)CC1C3(C)CCCC(C)C3CCC21C. The number of halogens is 1. The highest BCUT2D eigenvalue weighted by molar-refractivity contribution is 6.20. The van der Waals surface area contributed by atoms with E-state index in [4.69, 9.17) is 11.6 Å². The smallest absolute Gasteiger partial charge is 0.0339 e. The van der Waals surface area contributed by atoms with Gasteiger partial charge in [-0.3, -0.25) is 0 Å². The third-order valence-corrected chi connectivity index (χ3v) is 11.9. The minimum Gasteiger partial charge on any atom is -0.123 e. The van der Waals surface area contributed by atoms with Gasteiger partial charge in [-0.2, -0.15) is 0 Å². The van der Waals surface area contributed by atoms with E-state index in [1.165, 1.54) is 69.8 Å². The van der Waals surface area contributed by atoms with Gasteiger partial charge >= 0.3 is 0 Å². The van der Waals surface area contributed by atoms with Gasteiger partial charge in [0.05, 0.1) is 0 Å². The van der Waals surface area contributed by atoms with Gasteiger partial charge < -0.3 is 0 Å². The summed E-state index contributed by atoms with van der Waals surface area (Å²) in [6.45, 7) is 17.4. The second-order valence-corrected chi connectivity index (χ2v) is 14.1. The van der Waals surface area contributed by atoms with Gasteiger partial charge in [-0.25, -0.2) is 0 Å². The van der Waals surface area contributed by atoms with Crippen molar-refractivity contribution in [2.24, 2.45) is 58.2 Å². The fraction of sp³-hybridized carbons (Fsp3) is 0.933. The van der Waals surface area contributed by atoms with E-state index in [2.05, 4.69) is 54.5 Å². The molecule has 0 saturated heterocycles. The van der Waals surface area contributed by atoms with Crippen LogP contribution in [-0.4, -0.2) is 5.38 Å². The highest BCUT2D eigenvalue weighted by atomic mass is 35.5. The lowest BCUT2D eigenvalue weighted by Crippen LogP contribution is -2.59. The van der Waals surface area contributed by atoms with E-state index in [0.29, 0.717) is 16.2 Å². The van der Waals surface area contributed by atoms with Crippen LogP contribution in [0.25, 0.3) is 0 Å². The van der Waals surface area contributed by atoms with Crippen LogP contribution in [0.3, 0.4) is 0 Å². The first kappa shape index (κ1) is 24.2. The van der Waals surface area contributed by atoms with Crippen LogP contribution >= 0.6 is 11.6 Å². The van der Waals surface area contributed by atoms with Gasteiger partial charge in [-0.1, -0.05) is 52.2 Å². The van der Waals surface area contributed by atoms with Crippen molar-refractivity contribution in [2.75, 3.05) is 0 Å². The largest absolute Gasteiger partial charge is 0.123 e. The molecular weight excluding hydrogens is 396 g/mol. The van der Waals surface area contributed by atoms with Crippen LogP contribution < -0.4 is 0 Å². The summed E-state index contributed by atoms with van der Waals surface area (Å²) < 4.78 is 0. The predicted octanol–water partition coefficient (Wildman–Crippen LogP) is 9.52. The first-order valence-electron chi connectivity index (χ1n) is 13.9. The van der Waals surface area contributed by atoms with Crippen molar-refractivity contribution in [1.29, 1.82) is 0 Å². The van der Waals surface area contributed by atoms with Gasteiger partial charge in [0, 0.05) is 5.38 Å². The molecule has 11 atom stereocenters. The lowest BCUT2D eigenvalue weighted by molar-refractivity contribution is -0.170. The first-order chi connectivity index (χ1) is 14.6. The Bertz CT molecular complexity index is 659. The Labute approximate surface area is 199 Å². The quantitative estimate of drug-likeness (QED) is 0.291. The van der Waals surface area contributed by atoms with Crippen molar-refractivity contribution >= 4 is 11.6 Å². The number of allylic oxidation sites excluding steroid dienone is 2. The Morgan fingerprint density at radius 3 is 2.35 bits per heavy atom. The minimum atomic E-state index is 0.327. The standard InChI is InChI=1S/C30H51Cl/c1-19(2)10-8-11-20(3)23-13-14-26-28(23)24(22(5)31)18-27-29(6)16-9-12-21(4)25(29)15-17-30(26,27)7/h10,20-28H,8-9,11-18H2,1-7H3. The van der Waals surface area contributed by atoms with Gasteiger partial charge in [0.1, 0.15) is 0 Å². The zero-order valence-electron chi connectivity index (χ0n) is 21.7. The second-order valence-electron chi connectivity index (χ2n) is 13.4. The zero-order valence-corrected chi connectivity index (χ0v) is 22.5. The summed E-state index contributed by atoms with van der Waals surface area (Å²) in [5.41, 5.74) is 2.60. The average molecular weight is 447 g/mol. The zero-order chi connectivity index (χ0) is 22.6. The maximum absolute atomic E-state index is 7.06. The summed E-state index contributed by atoms with van der Waals surface area (Å²) in [5.74, 6) is 7.05. The van der Waals surface area contributed by atoms with E-state index in [1.54, 1.807) is 0 Å². The third-order valence-electron chi connectivity index (χ3n) is 11.6. The van der Waals surface area contributed by atoms with Crippen LogP contribution in [0, 0.1) is 58.2 Å². The molecule has 4 rings (SSSR count). The van der Waals surface area contributed by atoms with E-state index in [0.717, 1.165) is 47.3 Å². The molecule has 0 N–H and O–H groups in total. The van der Waals surface area contributed by atoms with Gasteiger partial charge in [-0.15, -0.1) is 11.6 Å². The number of hydrogen-bond donors (Lipinski definition) is 0. The Balaban J connectivity index is 1.62. The van der Waals surface area contributed by atoms with Crippen LogP contribution in [0.1, 0.15) is 113 Å². The van der Waals surface area contributed by atoms with Crippen LogP contribution in [-0.2, 0) is 0 Å². The Kier molecular flexibility index (Phi) is 7.01. The minimum absolute atomic E-state index is 0.327. The van der Waals surface area contributed by atoms with Crippen molar-refractivity contribution < 1.29 is 0 Å². The molecule has 0 aromatic heterocycles. The fourth-order valence-corrected chi connectivity index (χ4v) is 10.4. The highest BCUT2D eigenvalue weighted by Gasteiger charge is 2.64. The van der Waals surface area contributed by atoms with E-state index in [1.807, 2.05) is 0 Å². The van der Waals surface area contributed by atoms with E-state index in [-0.39, 0.29) is 0 Å². The molecule has 0 radical (unpaired) electrons. The third kappa shape index (κ3) is 4.08.